The van der Waals surface area contributed by atoms with Crippen LogP contribution in [0.25, 0.3) is 33.3 Å². The zero-order valence-electron chi connectivity index (χ0n) is 18.7. The van der Waals surface area contributed by atoms with Crippen LogP contribution in [0.5, 0.6) is 11.8 Å². The number of hydrogen-bond donors (Lipinski definition) is 0. The number of furan rings is 1. The molecule has 2 aromatic carbocycles. The number of benzene rings is 2. The molecule has 0 aliphatic rings. The number of ether oxygens (including phenoxy) is 1. The van der Waals surface area contributed by atoms with Gasteiger partial charge in [0.25, 0.3) is 10.0 Å². The zero-order chi connectivity index (χ0) is 24.5. The molecule has 0 radical (unpaired) electrons. The molecule has 0 amide bonds. The second kappa shape index (κ2) is 8.79. The molecule has 0 N–H and O–H groups in total. The number of para-hydroxylation sites is 1. The van der Waals surface area contributed by atoms with Crippen molar-refractivity contribution in [2.24, 2.45) is 0 Å². The van der Waals surface area contributed by atoms with Gasteiger partial charge in [-0.1, -0.05) is 36.4 Å². The SMILES string of the molecule is O=S(=O)(c1ccccc1)n1cc(-c2ccoc2)c2cc(-c3ccccc3Oc3ncccn3)cnc21. The summed E-state index contributed by atoms with van der Waals surface area (Å²) in [5, 5.41) is 0.652. The average Bonchev–Trinajstić information content (AvgIpc) is 3.58. The molecule has 0 spiro atoms. The van der Waals surface area contributed by atoms with Crippen LogP contribution in [0, 0.1) is 0 Å². The number of pyridine rings is 1. The van der Waals surface area contributed by atoms with E-state index in [4.69, 9.17) is 9.15 Å². The van der Waals surface area contributed by atoms with Gasteiger partial charge in [0.2, 0.25) is 0 Å². The second-order valence-corrected chi connectivity index (χ2v) is 9.71. The molecule has 6 aromatic rings. The van der Waals surface area contributed by atoms with E-state index in [1.165, 1.54) is 3.97 Å². The molecule has 36 heavy (non-hydrogen) atoms. The van der Waals surface area contributed by atoms with Crippen molar-refractivity contribution in [3.63, 3.8) is 0 Å². The number of rotatable bonds is 6. The number of fused-ring (bicyclic) bond motifs is 1. The van der Waals surface area contributed by atoms with Gasteiger partial charge in [-0.3, -0.25) is 0 Å². The van der Waals surface area contributed by atoms with Gasteiger partial charge in [-0.25, -0.2) is 27.3 Å². The molecule has 176 valence electrons. The van der Waals surface area contributed by atoms with Gasteiger partial charge >= 0.3 is 6.01 Å². The van der Waals surface area contributed by atoms with E-state index in [0.29, 0.717) is 22.3 Å². The average molecular weight is 495 g/mol. The van der Waals surface area contributed by atoms with Crippen LogP contribution in [-0.4, -0.2) is 27.3 Å². The van der Waals surface area contributed by atoms with Crippen molar-refractivity contribution in [1.29, 1.82) is 0 Å². The maximum atomic E-state index is 13.5. The Balaban J connectivity index is 1.53. The lowest BCUT2D eigenvalue weighted by molar-refractivity contribution is 0.443. The highest BCUT2D eigenvalue weighted by atomic mass is 32.2. The fourth-order valence-corrected chi connectivity index (χ4v) is 5.34. The van der Waals surface area contributed by atoms with E-state index in [2.05, 4.69) is 15.0 Å². The Hall–Kier alpha value is -4.76. The first-order valence-corrected chi connectivity index (χ1v) is 12.4. The molecule has 0 fully saturated rings. The predicted octanol–water partition coefficient (Wildman–Crippen LogP) is 5.78. The third-order valence-electron chi connectivity index (χ3n) is 5.69. The standard InChI is InChI=1S/C27H18N4O4S/c32-36(33,21-7-2-1-3-8-21)31-17-24(19-11-14-34-18-19)23-15-20(16-30-26(23)31)22-9-4-5-10-25(22)35-27-28-12-6-13-29-27/h1-18H. The second-order valence-electron chi connectivity index (χ2n) is 7.89. The summed E-state index contributed by atoms with van der Waals surface area (Å²) < 4.78 is 39.4. The maximum absolute atomic E-state index is 13.5. The highest BCUT2D eigenvalue weighted by Gasteiger charge is 2.24. The van der Waals surface area contributed by atoms with Crippen molar-refractivity contribution >= 4 is 21.1 Å². The topological polar surface area (TPSA) is 100 Å². The van der Waals surface area contributed by atoms with Crippen LogP contribution in [0.4, 0.5) is 0 Å². The molecule has 9 heteroatoms. The van der Waals surface area contributed by atoms with Crippen molar-refractivity contribution in [3.8, 4) is 34.0 Å². The van der Waals surface area contributed by atoms with Crippen LogP contribution in [-0.2, 0) is 10.0 Å². The molecule has 0 unspecified atom stereocenters. The lowest BCUT2D eigenvalue weighted by Crippen LogP contribution is -2.12. The Bertz CT molecular complexity index is 1770. The van der Waals surface area contributed by atoms with Crippen LogP contribution in [0.3, 0.4) is 0 Å². The summed E-state index contributed by atoms with van der Waals surface area (Å²) in [4.78, 5) is 13.0. The van der Waals surface area contributed by atoms with Crippen molar-refractivity contribution in [2.75, 3.05) is 0 Å². The lowest BCUT2D eigenvalue weighted by Gasteiger charge is -2.10. The first kappa shape index (κ1) is 21.8. The van der Waals surface area contributed by atoms with Crippen LogP contribution in [0.1, 0.15) is 0 Å². The van der Waals surface area contributed by atoms with Crippen LogP contribution in [0.15, 0.2) is 119 Å². The molecule has 0 atom stereocenters. The minimum atomic E-state index is -3.88. The van der Waals surface area contributed by atoms with E-state index in [9.17, 15) is 8.42 Å². The first-order chi connectivity index (χ1) is 17.6. The molecule has 8 nitrogen and oxygen atoms in total. The Morgan fingerprint density at radius 2 is 1.58 bits per heavy atom. The molecule has 6 rings (SSSR count). The summed E-state index contributed by atoms with van der Waals surface area (Å²) >= 11 is 0. The van der Waals surface area contributed by atoms with Gasteiger partial charge in [-0.2, -0.15) is 0 Å². The molecule has 0 bridgehead atoms. The molecular weight excluding hydrogens is 476 g/mol. The molecular formula is C27H18N4O4S. The number of nitrogens with zero attached hydrogens (tertiary/aromatic N) is 4. The van der Waals surface area contributed by atoms with E-state index in [1.54, 1.807) is 79.8 Å². The van der Waals surface area contributed by atoms with Gasteiger partial charge in [-0.15, -0.1) is 0 Å². The smallest absolute Gasteiger partial charge is 0.321 e. The van der Waals surface area contributed by atoms with Gasteiger partial charge in [-0.05, 0) is 36.4 Å². The summed E-state index contributed by atoms with van der Waals surface area (Å²) in [5.41, 5.74) is 3.23. The number of hydrogen-bond acceptors (Lipinski definition) is 7. The van der Waals surface area contributed by atoms with Gasteiger partial charge in [0.15, 0.2) is 5.65 Å². The van der Waals surface area contributed by atoms with Crippen LogP contribution < -0.4 is 4.74 Å². The van der Waals surface area contributed by atoms with Crippen molar-refractivity contribution in [3.05, 3.63) is 110 Å². The van der Waals surface area contributed by atoms with Gasteiger partial charge in [0.1, 0.15) is 5.75 Å². The Kier molecular flexibility index (Phi) is 5.31. The third-order valence-corrected chi connectivity index (χ3v) is 7.35. The maximum Gasteiger partial charge on any atom is 0.321 e. The monoisotopic (exact) mass is 494 g/mol. The highest BCUT2D eigenvalue weighted by molar-refractivity contribution is 7.90. The summed E-state index contributed by atoms with van der Waals surface area (Å²) in [7, 11) is -3.88. The lowest BCUT2D eigenvalue weighted by atomic mass is 10.0. The van der Waals surface area contributed by atoms with E-state index < -0.39 is 10.0 Å². The summed E-state index contributed by atoms with van der Waals surface area (Å²) in [5.74, 6) is 0.547. The first-order valence-electron chi connectivity index (χ1n) is 11.0. The normalized spacial score (nSPS) is 11.6. The van der Waals surface area contributed by atoms with Gasteiger partial charge in [0, 0.05) is 52.4 Å². The van der Waals surface area contributed by atoms with E-state index in [0.717, 1.165) is 16.7 Å². The highest BCUT2D eigenvalue weighted by Crippen LogP contribution is 2.37. The fraction of sp³-hybridized carbons (Fsp3) is 0. The molecule has 4 heterocycles. The minimum Gasteiger partial charge on any atom is -0.472 e. The molecule has 0 aliphatic carbocycles. The van der Waals surface area contributed by atoms with Gasteiger partial charge < -0.3 is 9.15 Å². The Morgan fingerprint density at radius 1 is 0.806 bits per heavy atom. The van der Waals surface area contributed by atoms with E-state index in [1.807, 2.05) is 30.3 Å². The van der Waals surface area contributed by atoms with Crippen molar-refractivity contribution < 1.29 is 17.6 Å². The fourth-order valence-electron chi connectivity index (χ4n) is 3.99. The van der Waals surface area contributed by atoms with Crippen molar-refractivity contribution in [1.82, 2.24) is 18.9 Å². The molecule has 4 aromatic heterocycles. The Labute approximate surface area is 206 Å². The van der Waals surface area contributed by atoms with Gasteiger partial charge in [0.05, 0.1) is 17.4 Å². The molecule has 0 aliphatic heterocycles. The van der Waals surface area contributed by atoms with Crippen LogP contribution in [0.2, 0.25) is 0 Å². The largest absolute Gasteiger partial charge is 0.472 e. The molecule has 0 saturated carbocycles. The van der Waals surface area contributed by atoms with Crippen LogP contribution >= 0.6 is 0 Å². The number of aromatic nitrogens is 4. The minimum absolute atomic E-state index is 0.174. The molecule has 0 saturated heterocycles. The van der Waals surface area contributed by atoms with Crippen molar-refractivity contribution in [2.45, 2.75) is 4.90 Å². The quantitative estimate of drug-likeness (QED) is 0.289. The summed E-state index contributed by atoms with van der Waals surface area (Å²) in [6.45, 7) is 0. The summed E-state index contributed by atoms with van der Waals surface area (Å²) in [6.07, 6.45) is 9.54. The Morgan fingerprint density at radius 3 is 2.36 bits per heavy atom. The predicted molar refractivity (Wildman–Crippen MR) is 134 cm³/mol. The zero-order valence-corrected chi connectivity index (χ0v) is 19.5. The van der Waals surface area contributed by atoms with E-state index in [-0.39, 0.29) is 10.9 Å². The third kappa shape index (κ3) is 3.81. The van der Waals surface area contributed by atoms with E-state index >= 15 is 0 Å². The summed E-state index contributed by atoms with van der Waals surface area (Å²) in [6, 6.07) is 21.3.